The van der Waals surface area contributed by atoms with Crippen molar-refractivity contribution in [1.82, 2.24) is 0 Å². The van der Waals surface area contributed by atoms with E-state index in [2.05, 4.69) is 0 Å². The molecule has 0 aromatic carbocycles. The third-order valence-electron chi connectivity index (χ3n) is 2.98. The third kappa shape index (κ3) is 1.90. The molecule has 2 N–H and O–H groups in total. The van der Waals surface area contributed by atoms with Crippen molar-refractivity contribution < 1.29 is 24.4 Å². The molecule has 15 heavy (non-hydrogen) atoms. The van der Waals surface area contributed by atoms with E-state index in [1.165, 1.54) is 0 Å². The molecule has 5 atom stereocenters. The van der Waals surface area contributed by atoms with E-state index in [4.69, 9.17) is 19.3 Å². The number of rotatable bonds is 2. The Morgan fingerprint density at radius 3 is 2.53 bits per heavy atom. The average Bonchev–Trinajstić information content (AvgIpc) is 2.60. The quantitative estimate of drug-likeness (QED) is 0.674. The smallest absolute Gasteiger partial charge is 0.187 e. The number of hydrogen-bond donors (Lipinski definition) is 2. The Hall–Kier alpha value is -0.200. The fourth-order valence-electron chi connectivity index (χ4n) is 2.23. The van der Waals surface area contributed by atoms with Gasteiger partial charge in [0.2, 0.25) is 0 Å². The summed E-state index contributed by atoms with van der Waals surface area (Å²) in [5.41, 5.74) is 0. The summed E-state index contributed by atoms with van der Waals surface area (Å²) in [7, 11) is 0. The van der Waals surface area contributed by atoms with Crippen LogP contribution >= 0.6 is 0 Å². The van der Waals surface area contributed by atoms with Gasteiger partial charge in [0.15, 0.2) is 12.1 Å². The van der Waals surface area contributed by atoms with E-state index in [1.54, 1.807) is 0 Å². The SMILES string of the molecule is CC1[C@@H]2OC(C)(C)O[C@H]2O[C@@H]1[C@H](O)CO. The van der Waals surface area contributed by atoms with Crippen LogP contribution in [-0.4, -0.2) is 47.2 Å². The molecule has 2 saturated heterocycles. The van der Waals surface area contributed by atoms with Gasteiger partial charge in [-0.15, -0.1) is 0 Å². The molecular formula is C10H18O5. The normalized spacial score (nSPS) is 45.4. The van der Waals surface area contributed by atoms with E-state index < -0.39 is 24.3 Å². The summed E-state index contributed by atoms with van der Waals surface area (Å²) in [6.45, 7) is 5.29. The maximum Gasteiger partial charge on any atom is 0.187 e. The first-order valence-corrected chi connectivity index (χ1v) is 5.24. The minimum Gasteiger partial charge on any atom is -0.394 e. The molecule has 2 rings (SSSR count). The van der Waals surface area contributed by atoms with Gasteiger partial charge in [0, 0.05) is 5.92 Å². The number of aliphatic hydroxyl groups is 2. The van der Waals surface area contributed by atoms with Crippen LogP contribution in [0.5, 0.6) is 0 Å². The zero-order valence-electron chi connectivity index (χ0n) is 9.21. The summed E-state index contributed by atoms with van der Waals surface area (Å²) in [6.07, 6.45) is -1.88. The standard InChI is InChI=1S/C10H18O5/c1-5-7(6(12)4-11)13-9-8(5)14-10(2,3)15-9/h5-9,11-12H,4H2,1-3H3/t5?,6-,7+,8+,9-/m1/s1. The van der Waals surface area contributed by atoms with Crippen molar-refractivity contribution in [3.63, 3.8) is 0 Å². The lowest BCUT2D eigenvalue weighted by atomic mass is 9.97. The topological polar surface area (TPSA) is 68.2 Å². The second kappa shape index (κ2) is 3.68. The Morgan fingerprint density at radius 1 is 1.33 bits per heavy atom. The van der Waals surface area contributed by atoms with Crippen LogP contribution < -0.4 is 0 Å². The van der Waals surface area contributed by atoms with Crippen molar-refractivity contribution in [2.24, 2.45) is 5.92 Å². The third-order valence-corrected chi connectivity index (χ3v) is 2.98. The largest absolute Gasteiger partial charge is 0.394 e. The molecule has 1 unspecified atom stereocenters. The zero-order chi connectivity index (χ0) is 11.2. The van der Waals surface area contributed by atoms with Crippen molar-refractivity contribution >= 4 is 0 Å². The highest BCUT2D eigenvalue weighted by atomic mass is 16.8. The molecule has 0 aliphatic carbocycles. The van der Waals surface area contributed by atoms with Gasteiger partial charge in [-0.05, 0) is 13.8 Å². The lowest BCUT2D eigenvalue weighted by Crippen LogP contribution is -2.37. The predicted octanol–water partition coefficient (Wildman–Crippen LogP) is -0.148. The molecule has 5 nitrogen and oxygen atoms in total. The maximum atomic E-state index is 9.53. The molecule has 2 aliphatic heterocycles. The van der Waals surface area contributed by atoms with Crippen molar-refractivity contribution in [3.05, 3.63) is 0 Å². The molecule has 2 fully saturated rings. The summed E-state index contributed by atoms with van der Waals surface area (Å²) in [4.78, 5) is 0. The van der Waals surface area contributed by atoms with E-state index in [1.807, 2.05) is 20.8 Å². The van der Waals surface area contributed by atoms with Crippen LogP contribution in [0.15, 0.2) is 0 Å². The lowest BCUT2D eigenvalue weighted by molar-refractivity contribution is -0.221. The van der Waals surface area contributed by atoms with E-state index in [0.717, 1.165) is 0 Å². The summed E-state index contributed by atoms with van der Waals surface area (Å²) >= 11 is 0. The van der Waals surface area contributed by atoms with E-state index in [0.29, 0.717) is 0 Å². The molecule has 2 heterocycles. The molecule has 0 aromatic rings. The summed E-state index contributed by atoms with van der Waals surface area (Å²) in [5.74, 6) is -0.613. The molecule has 0 bridgehead atoms. The molecule has 0 radical (unpaired) electrons. The summed E-state index contributed by atoms with van der Waals surface area (Å²) in [5, 5.41) is 18.4. The fourth-order valence-corrected chi connectivity index (χ4v) is 2.23. The Morgan fingerprint density at radius 2 is 2.00 bits per heavy atom. The van der Waals surface area contributed by atoms with Crippen LogP contribution in [0.25, 0.3) is 0 Å². The Bertz CT molecular complexity index is 242. The van der Waals surface area contributed by atoms with Gasteiger partial charge in [0.25, 0.3) is 0 Å². The number of aliphatic hydroxyl groups excluding tert-OH is 2. The number of fused-ring (bicyclic) bond motifs is 1. The molecule has 5 heteroatoms. The zero-order valence-corrected chi connectivity index (χ0v) is 9.21. The minimum atomic E-state index is -0.874. The van der Waals surface area contributed by atoms with Crippen LogP contribution in [-0.2, 0) is 14.2 Å². The minimum absolute atomic E-state index is 0.0129. The second-order valence-electron chi connectivity index (χ2n) is 4.68. The van der Waals surface area contributed by atoms with E-state index in [9.17, 15) is 5.11 Å². The van der Waals surface area contributed by atoms with Gasteiger partial charge in [-0.3, -0.25) is 0 Å². The first-order valence-electron chi connectivity index (χ1n) is 5.24. The molecular weight excluding hydrogens is 200 g/mol. The maximum absolute atomic E-state index is 9.53. The van der Waals surface area contributed by atoms with Gasteiger partial charge in [0.1, 0.15) is 12.2 Å². The average molecular weight is 218 g/mol. The van der Waals surface area contributed by atoms with Gasteiger partial charge in [-0.25, -0.2) is 0 Å². The lowest BCUT2D eigenvalue weighted by Gasteiger charge is -2.25. The van der Waals surface area contributed by atoms with Crippen molar-refractivity contribution in [2.75, 3.05) is 6.61 Å². The molecule has 0 amide bonds. The van der Waals surface area contributed by atoms with Gasteiger partial charge in [-0.1, -0.05) is 6.92 Å². The van der Waals surface area contributed by atoms with E-state index >= 15 is 0 Å². The molecule has 2 aliphatic rings. The monoisotopic (exact) mass is 218 g/mol. The molecule has 0 saturated carbocycles. The highest BCUT2D eigenvalue weighted by molar-refractivity contribution is 4.93. The summed E-state index contributed by atoms with van der Waals surface area (Å²) in [6, 6.07) is 0. The fraction of sp³-hybridized carbons (Fsp3) is 1.00. The van der Waals surface area contributed by atoms with Crippen LogP contribution in [0.2, 0.25) is 0 Å². The Kier molecular flexibility index (Phi) is 2.77. The highest BCUT2D eigenvalue weighted by Gasteiger charge is 2.54. The van der Waals surface area contributed by atoms with Crippen LogP contribution in [0.3, 0.4) is 0 Å². The first kappa shape index (κ1) is 11.3. The highest BCUT2D eigenvalue weighted by Crippen LogP contribution is 2.41. The second-order valence-corrected chi connectivity index (χ2v) is 4.68. The Balaban J connectivity index is 2.05. The van der Waals surface area contributed by atoms with Gasteiger partial charge < -0.3 is 24.4 Å². The molecule has 0 aromatic heterocycles. The Labute approximate surface area is 88.9 Å². The predicted molar refractivity (Wildman–Crippen MR) is 51.0 cm³/mol. The van der Waals surface area contributed by atoms with Crippen molar-refractivity contribution in [1.29, 1.82) is 0 Å². The molecule has 0 spiro atoms. The van der Waals surface area contributed by atoms with Crippen molar-refractivity contribution in [2.45, 2.75) is 51.2 Å². The number of ether oxygens (including phenoxy) is 3. The van der Waals surface area contributed by atoms with Crippen LogP contribution in [0, 0.1) is 5.92 Å². The van der Waals surface area contributed by atoms with Gasteiger partial charge in [-0.2, -0.15) is 0 Å². The molecule has 88 valence electrons. The van der Waals surface area contributed by atoms with Crippen LogP contribution in [0.1, 0.15) is 20.8 Å². The summed E-state index contributed by atoms with van der Waals surface area (Å²) < 4.78 is 16.7. The first-order chi connectivity index (χ1) is 6.94. The van der Waals surface area contributed by atoms with Crippen molar-refractivity contribution in [3.8, 4) is 0 Å². The van der Waals surface area contributed by atoms with Gasteiger partial charge in [0.05, 0.1) is 12.7 Å². The van der Waals surface area contributed by atoms with Gasteiger partial charge >= 0.3 is 0 Å². The van der Waals surface area contributed by atoms with Crippen LogP contribution in [0.4, 0.5) is 0 Å². The number of hydrogen-bond acceptors (Lipinski definition) is 5. The van der Waals surface area contributed by atoms with E-state index in [-0.39, 0.29) is 18.6 Å².